The minimum Gasteiger partial charge on any atom is -0.307 e. The maximum atomic E-state index is 11.5. The third kappa shape index (κ3) is 9.93. The first-order valence-corrected chi connectivity index (χ1v) is 12.4. The molecule has 3 atom stereocenters. The summed E-state index contributed by atoms with van der Waals surface area (Å²) >= 11 is 0. The first-order chi connectivity index (χ1) is 14.1. The van der Waals surface area contributed by atoms with E-state index in [9.17, 15) is 4.79 Å². The van der Waals surface area contributed by atoms with Crippen LogP contribution in [0.15, 0.2) is 17.1 Å². The third-order valence-corrected chi connectivity index (χ3v) is 6.55. The van der Waals surface area contributed by atoms with Gasteiger partial charge in [0, 0.05) is 20.3 Å². The predicted molar refractivity (Wildman–Crippen MR) is 126 cm³/mol. The molecule has 1 N–H and O–H groups in total. The maximum absolute atomic E-state index is 11.5. The summed E-state index contributed by atoms with van der Waals surface area (Å²) in [6.45, 7) is 10.1. The van der Waals surface area contributed by atoms with Gasteiger partial charge in [-0.05, 0) is 32.6 Å². The summed E-state index contributed by atoms with van der Waals surface area (Å²) in [4.78, 5) is 16.3. The fourth-order valence-electron chi connectivity index (χ4n) is 4.65. The quantitative estimate of drug-likeness (QED) is 0.170. The van der Waals surface area contributed by atoms with Gasteiger partial charge in [-0.2, -0.15) is 0 Å². The van der Waals surface area contributed by atoms with Crippen LogP contribution in [0.5, 0.6) is 0 Å². The Balaban J connectivity index is 2.07. The number of carbonyl (C=O) groups is 1. The lowest BCUT2D eigenvalue weighted by Crippen LogP contribution is -2.63. The summed E-state index contributed by atoms with van der Waals surface area (Å²) in [5.41, 5.74) is 0. The van der Waals surface area contributed by atoms with Crippen molar-refractivity contribution in [2.45, 2.75) is 123 Å². The van der Waals surface area contributed by atoms with Crippen molar-refractivity contribution in [1.82, 2.24) is 5.32 Å². The largest absolute Gasteiger partial charge is 0.307 e. The van der Waals surface area contributed by atoms with E-state index in [0.717, 1.165) is 24.0 Å². The second-order valence-corrected chi connectivity index (χ2v) is 8.78. The van der Waals surface area contributed by atoms with Gasteiger partial charge in [0.2, 0.25) is 5.91 Å². The van der Waals surface area contributed by atoms with Crippen LogP contribution in [0.25, 0.3) is 0 Å². The molecule has 168 valence electrons. The molecule has 0 radical (unpaired) electrons. The van der Waals surface area contributed by atoms with E-state index in [2.05, 4.69) is 44.5 Å². The van der Waals surface area contributed by atoms with E-state index >= 15 is 0 Å². The number of rotatable bonds is 17. The number of hydrogen-bond acceptors (Lipinski definition) is 2. The van der Waals surface area contributed by atoms with Crippen molar-refractivity contribution in [3.63, 3.8) is 0 Å². The number of unbranched alkanes of at least 4 members (excludes halogenated alkanes) is 10. The van der Waals surface area contributed by atoms with E-state index < -0.39 is 0 Å². The molecule has 0 aromatic carbocycles. The molecular formula is C25H48N3O+. The van der Waals surface area contributed by atoms with Gasteiger partial charge < -0.3 is 5.32 Å². The molecule has 0 bridgehead atoms. The number of aliphatic imine (C=N–C) groups is 1. The average Bonchev–Trinajstić information content (AvgIpc) is 3.12. The molecule has 1 amide bonds. The first kappa shape index (κ1) is 25.9. The molecular weight excluding hydrogens is 358 g/mol. The highest BCUT2D eigenvalue weighted by Gasteiger charge is 2.42. The molecule has 0 fully saturated rings. The Morgan fingerprint density at radius 3 is 2.17 bits per heavy atom. The Bertz CT molecular complexity index is 488. The molecule has 0 saturated carbocycles. The molecule has 0 spiro atoms. The molecule has 1 aliphatic rings. The van der Waals surface area contributed by atoms with Crippen LogP contribution < -0.4 is 5.32 Å². The normalized spacial score (nSPS) is 22.4. The molecule has 3 unspecified atom stereocenters. The van der Waals surface area contributed by atoms with Crippen LogP contribution in [0, 0.1) is 0 Å². The Morgan fingerprint density at radius 2 is 1.62 bits per heavy atom. The minimum absolute atomic E-state index is 0.0578. The standard InChI is InChI=1S/C25H47N3O/c1-5-7-8-9-10-11-12-13-14-15-16-17-18-19-20-25-26-21-22-28(25,6-2)23(3)27-24(4)29/h7-8,21,23,25H,5-6,9-20,22H2,1-4H3/p+1/b8-7+. The van der Waals surface area contributed by atoms with Crippen molar-refractivity contribution >= 4 is 12.1 Å². The van der Waals surface area contributed by atoms with Crippen molar-refractivity contribution in [2.24, 2.45) is 4.99 Å². The van der Waals surface area contributed by atoms with Crippen LogP contribution in [0.4, 0.5) is 0 Å². The SMILES string of the molecule is CC/C=C/CCCCCCCCCCCCC1N=CC[N+]1(CC)C(C)NC(C)=O. The average molecular weight is 407 g/mol. The van der Waals surface area contributed by atoms with Crippen LogP contribution in [-0.4, -0.2) is 42.0 Å². The Kier molecular flexibility index (Phi) is 14.0. The second kappa shape index (κ2) is 15.6. The Hall–Kier alpha value is -1.16. The van der Waals surface area contributed by atoms with E-state index in [1.807, 2.05) is 0 Å². The molecule has 0 aliphatic carbocycles. The number of nitrogens with zero attached hydrogens (tertiary/aromatic N) is 2. The van der Waals surface area contributed by atoms with Crippen molar-refractivity contribution in [2.75, 3.05) is 13.1 Å². The van der Waals surface area contributed by atoms with Crippen LogP contribution in [0.3, 0.4) is 0 Å². The van der Waals surface area contributed by atoms with Gasteiger partial charge in [0.25, 0.3) is 0 Å². The lowest BCUT2D eigenvalue weighted by atomic mass is 10.0. The lowest BCUT2D eigenvalue weighted by molar-refractivity contribution is -0.959. The number of allylic oxidation sites excluding steroid dienone is 2. The summed E-state index contributed by atoms with van der Waals surface area (Å²) in [5, 5.41) is 3.11. The fourth-order valence-corrected chi connectivity index (χ4v) is 4.65. The fraction of sp³-hybridized carbons (Fsp3) is 0.840. The monoisotopic (exact) mass is 406 g/mol. The second-order valence-electron chi connectivity index (χ2n) is 8.78. The zero-order chi connectivity index (χ0) is 21.4. The van der Waals surface area contributed by atoms with Gasteiger partial charge in [0.15, 0.2) is 12.3 Å². The molecule has 1 heterocycles. The number of nitrogens with one attached hydrogen (secondary N) is 1. The summed E-state index contributed by atoms with van der Waals surface area (Å²) in [5.74, 6) is 0.0578. The summed E-state index contributed by atoms with van der Waals surface area (Å²) in [6.07, 6.45) is 24.4. The number of quaternary nitrogens is 1. The van der Waals surface area contributed by atoms with Crippen LogP contribution in [0.1, 0.15) is 111 Å². The van der Waals surface area contributed by atoms with E-state index in [1.165, 1.54) is 77.0 Å². The van der Waals surface area contributed by atoms with Crippen LogP contribution in [-0.2, 0) is 4.79 Å². The first-order valence-electron chi connectivity index (χ1n) is 12.4. The van der Waals surface area contributed by atoms with Gasteiger partial charge in [-0.3, -0.25) is 9.28 Å². The summed E-state index contributed by atoms with van der Waals surface area (Å²) < 4.78 is 0.883. The van der Waals surface area contributed by atoms with Crippen molar-refractivity contribution in [3.8, 4) is 0 Å². The lowest BCUT2D eigenvalue weighted by Gasteiger charge is -2.42. The highest BCUT2D eigenvalue weighted by molar-refractivity contribution is 5.73. The molecule has 4 heteroatoms. The zero-order valence-electron chi connectivity index (χ0n) is 19.8. The molecule has 4 nitrogen and oxygen atoms in total. The molecule has 29 heavy (non-hydrogen) atoms. The van der Waals surface area contributed by atoms with E-state index in [-0.39, 0.29) is 12.1 Å². The summed E-state index contributed by atoms with van der Waals surface area (Å²) in [7, 11) is 0. The van der Waals surface area contributed by atoms with E-state index in [1.54, 1.807) is 6.92 Å². The molecule has 1 rings (SSSR count). The van der Waals surface area contributed by atoms with Crippen molar-refractivity contribution in [1.29, 1.82) is 0 Å². The van der Waals surface area contributed by atoms with Crippen LogP contribution >= 0.6 is 0 Å². The van der Waals surface area contributed by atoms with Gasteiger partial charge >= 0.3 is 0 Å². The zero-order valence-corrected chi connectivity index (χ0v) is 19.8. The minimum atomic E-state index is 0.0578. The van der Waals surface area contributed by atoms with E-state index in [0.29, 0.717) is 6.17 Å². The number of carbonyl (C=O) groups excluding carboxylic acids is 1. The van der Waals surface area contributed by atoms with Crippen LogP contribution in [0.2, 0.25) is 0 Å². The number of amides is 1. The third-order valence-electron chi connectivity index (χ3n) is 6.55. The Morgan fingerprint density at radius 1 is 1.03 bits per heavy atom. The molecule has 0 saturated heterocycles. The highest BCUT2D eigenvalue weighted by Crippen LogP contribution is 2.27. The van der Waals surface area contributed by atoms with Gasteiger partial charge in [-0.15, -0.1) is 0 Å². The van der Waals surface area contributed by atoms with Gasteiger partial charge in [-0.1, -0.05) is 70.4 Å². The van der Waals surface area contributed by atoms with Gasteiger partial charge in [-0.25, -0.2) is 4.99 Å². The molecule has 0 aromatic heterocycles. The maximum Gasteiger partial charge on any atom is 0.221 e. The topological polar surface area (TPSA) is 41.5 Å². The molecule has 1 aliphatic heterocycles. The van der Waals surface area contributed by atoms with Crippen molar-refractivity contribution in [3.05, 3.63) is 12.2 Å². The van der Waals surface area contributed by atoms with Crippen molar-refractivity contribution < 1.29 is 9.28 Å². The smallest absolute Gasteiger partial charge is 0.221 e. The van der Waals surface area contributed by atoms with E-state index in [4.69, 9.17) is 4.99 Å². The number of hydrogen-bond donors (Lipinski definition) is 1. The Labute approximate surface area is 180 Å². The highest BCUT2D eigenvalue weighted by atomic mass is 16.1. The van der Waals surface area contributed by atoms with Gasteiger partial charge in [0.1, 0.15) is 6.54 Å². The summed E-state index contributed by atoms with van der Waals surface area (Å²) in [6, 6.07) is 0. The van der Waals surface area contributed by atoms with Gasteiger partial charge in [0.05, 0.1) is 12.8 Å². The predicted octanol–water partition coefficient (Wildman–Crippen LogP) is 6.36. The molecule has 0 aromatic rings.